The highest BCUT2D eigenvalue weighted by molar-refractivity contribution is 5.30. The lowest BCUT2D eigenvalue weighted by molar-refractivity contribution is 0.187. The van der Waals surface area contributed by atoms with Crippen LogP contribution in [0.2, 0.25) is 0 Å². The predicted molar refractivity (Wildman–Crippen MR) is 63.3 cm³/mol. The van der Waals surface area contributed by atoms with Crippen LogP contribution in [0.1, 0.15) is 35.7 Å². The van der Waals surface area contributed by atoms with E-state index in [9.17, 15) is 9.50 Å². The zero-order valence-electron chi connectivity index (χ0n) is 9.90. The Bertz CT molecular complexity index is 517. The van der Waals surface area contributed by atoms with Gasteiger partial charge >= 0.3 is 0 Å². The fourth-order valence-electron chi connectivity index (χ4n) is 1.73. The van der Waals surface area contributed by atoms with Gasteiger partial charge in [0, 0.05) is 6.42 Å². The van der Waals surface area contributed by atoms with Gasteiger partial charge in [0.1, 0.15) is 23.4 Å². The third-order valence-electron chi connectivity index (χ3n) is 2.80. The molecule has 2 rings (SSSR count). The molecule has 0 fully saturated rings. The van der Waals surface area contributed by atoms with Gasteiger partial charge in [-0.2, -0.15) is 0 Å². The van der Waals surface area contributed by atoms with Crippen LogP contribution in [0, 0.1) is 12.7 Å². The van der Waals surface area contributed by atoms with Crippen molar-refractivity contribution in [1.29, 1.82) is 0 Å². The lowest BCUT2D eigenvalue weighted by Gasteiger charge is -2.09. The number of halogens is 1. The van der Waals surface area contributed by atoms with Crippen LogP contribution in [-0.2, 0) is 6.42 Å². The Labute approximate surface area is 99.7 Å². The van der Waals surface area contributed by atoms with Crippen molar-refractivity contribution in [2.75, 3.05) is 0 Å². The van der Waals surface area contributed by atoms with Crippen molar-refractivity contribution in [3.05, 3.63) is 58.8 Å². The van der Waals surface area contributed by atoms with Gasteiger partial charge in [0.25, 0.3) is 0 Å². The zero-order valence-corrected chi connectivity index (χ0v) is 9.90. The summed E-state index contributed by atoms with van der Waals surface area (Å²) >= 11 is 0. The summed E-state index contributed by atoms with van der Waals surface area (Å²) in [4.78, 5) is 0. The Morgan fingerprint density at radius 1 is 1.29 bits per heavy atom. The first-order valence-electron chi connectivity index (χ1n) is 5.64. The molecule has 1 heterocycles. The van der Waals surface area contributed by atoms with Crippen LogP contribution in [-0.4, -0.2) is 5.11 Å². The van der Waals surface area contributed by atoms with Gasteiger partial charge in [-0.25, -0.2) is 4.39 Å². The summed E-state index contributed by atoms with van der Waals surface area (Å²) in [6, 6.07) is 8.16. The molecule has 0 amide bonds. The molecule has 2 aromatic rings. The lowest BCUT2D eigenvalue weighted by Crippen LogP contribution is -1.99. The Balaban J connectivity index is 2.29. The largest absolute Gasteiger partial charge is 0.463 e. The highest BCUT2D eigenvalue weighted by Gasteiger charge is 2.15. The second-order valence-electron chi connectivity index (χ2n) is 4.07. The number of benzene rings is 1. The first-order chi connectivity index (χ1) is 8.11. The van der Waals surface area contributed by atoms with Gasteiger partial charge in [0.2, 0.25) is 0 Å². The van der Waals surface area contributed by atoms with E-state index < -0.39 is 6.10 Å². The van der Waals surface area contributed by atoms with Crippen LogP contribution in [0.4, 0.5) is 4.39 Å². The Kier molecular flexibility index (Phi) is 3.29. The van der Waals surface area contributed by atoms with E-state index in [0.717, 1.165) is 12.2 Å². The minimum absolute atomic E-state index is 0.269. The number of aryl methyl sites for hydroxylation is 2. The van der Waals surface area contributed by atoms with E-state index in [1.807, 2.05) is 13.0 Å². The van der Waals surface area contributed by atoms with E-state index in [4.69, 9.17) is 4.42 Å². The molecule has 3 heteroatoms. The topological polar surface area (TPSA) is 33.4 Å². The molecule has 0 aliphatic rings. The van der Waals surface area contributed by atoms with Crippen LogP contribution in [0.5, 0.6) is 0 Å². The van der Waals surface area contributed by atoms with E-state index in [-0.39, 0.29) is 5.82 Å². The molecule has 0 spiro atoms. The van der Waals surface area contributed by atoms with Gasteiger partial charge in [0.05, 0.1) is 0 Å². The number of hydrogen-bond donors (Lipinski definition) is 1. The molecule has 1 aromatic heterocycles. The first-order valence-corrected chi connectivity index (χ1v) is 5.64. The van der Waals surface area contributed by atoms with Gasteiger partial charge in [-0.05, 0) is 36.2 Å². The van der Waals surface area contributed by atoms with Crippen LogP contribution in [0.3, 0.4) is 0 Å². The minimum atomic E-state index is -0.838. The summed E-state index contributed by atoms with van der Waals surface area (Å²) in [5.74, 6) is 1.06. The maximum atomic E-state index is 13.1. The third-order valence-corrected chi connectivity index (χ3v) is 2.80. The van der Waals surface area contributed by atoms with Gasteiger partial charge < -0.3 is 9.52 Å². The molecule has 17 heavy (non-hydrogen) atoms. The second-order valence-corrected chi connectivity index (χ2v) is 4.07. The van der Waals surface area contributed by atoms with Gasteiger partial charge in [-0.1, -0.05) is 19.1 Å². The number of furan rings is 1. The summed E-state index contributed by atoms with van der Waals surface area (Å²) in [6.45, 7) is 3.65. The molecule has 0 saturated carbocycles. The quantitative estimate of drug-likeness (QED) is 0.883. The van der Waals surface area contributed by atoms with Crippen molar-refractivity contribution in [2.45, 2.75) is 26.4 Å². The molecule has 1 unspecified atom stereocenters. The summed E-state index contributed by atoms with van der Waals surface area (Å²) in [5.41, 5.74) is 1.16. The Morgan fingerprint density at radius 3 is 2.65 bits per heavy atom. The molecular weight excluding hydrogens is 219 g/mol. The van der Waals surface area contributed by atoms with Crippen molar-refractivity contribution in [1.82, 2.24) is 0 Å². The smallest absolute Gasteiger partial charge is 0.137 e. The summed E-state index contributed by atoms with van der Waals surface area (Å²) in [7, 11) is 0. The standard InChI is InChI=1S/C14H15FO2/c1-3-11-5-7-13(17-11)14(16)10-4-6-12(15)9(2)8-10/h4-8,14,16H,3H2,1-2H3. The molecule has 0 saturated heterocycles. The molecular formula is C14H15FO2. The minimum Gasteiger partial charge on any atom is -0.463 e. The maximum Gasteiger partial charge on any atom is 0.137 e. The number of hydrogen-bond acceptors (Lipinski definition) is 2. The second kappa shape index (κ2) is 4.72. The fourth-order valence-corrected chi connectivity index (χ4v) is 1.73. The van der Waals surface area contributed by atoms with Crippen LogP contribution in [0.15, 0.2) is 34.7 Å². The number of aliphatic hydroxyl groups is 1. The van der Waals surface area contributed by atoms with Crippen LogP contribution in [0.25, 0.3) is 0 Å². The van der Waals surface area contributed by atoms with Crippen molar-refractivity contribution < 1.29 is 13.9 Å². The number of rotatable bonds is 3. The predicted octanol–water partition coefficient (Wildman–Crippen LogP) is 3.37. The highest BCUT2D eigenvalue weighted by Crippen LogP contribution is 2.25. The fraction of sp³-hybridized carbons (Fsp3) is 0.286. The van der Waals surface area contributed by atoms with E-state index in [2.05, 4.69) is 0 Å². The van der Waals surface area contributed by atoms with Crippen molar-refractivity contribution in [3.8, 4) is 0 Å². The lowest BCUT2D eigenvalue weighted by atomic mass is 10.0. The summed E-state index contributed by atoms with van der Waals surface area (Å²) in [5, 5.41) is 10.1. The monoisotopic (exact) mass is 234 g/mol. The van der Waals surface area contributed by atoms with Crippen molar-refractivity contribution in [2.24, 2.45) is 0 Å². The summed E-state index contributed by atoms with van der Waals surface area (Å²) < 4.78 is 18.6. The van der Waals surface area contributed by atoms with Gasteiger partial charge in [0.15, 0.2) is 0 Å². The van der Waals surface area contributed by atoms with Gasteiger partial charge in [-0.15, -0.1) is 0 Å². The van der Waals surface area contributed by atoms with Crippen molar-refractivity contribution in [3.63, 3.8) is 0 Å². The van der Waals surface area contributed by atoms with Gasteiger partial charge in [-0.3, -0.25) is 0 Å². The van der Waals surface area contributed by atoms with Crippen LogP contribution >= 0.6 is 0 Å². The molecule has 90 valence electrons. The molecule has 1 atom stereocenters. The maximum absolute atomic E-state index is 13.1. The molecule has 0 bridgehead atoms. The molecule has 2 nitrogen and oxygen atoms in total. The normalized spacial score (nSPS) is 12.7. The van der Waals surface area contributed by atoms with Crippen LogP contribution < -0.4 is 0 Å². The van der Waals surface area contributed by atoms with E-state index in [1.165, 1.54) is 6.07 Å². The Morgan fingerprint density at radius 2 is 2.06 bits per heavy atom. The Hall–Kier alpha value is -1.61. The van der Waals surface area contributed by atoms with E-state index in [1.54, 1.807) is 25.1 Å². The average molecular weight is 234 g/mol. The molecule has 1 N–H and O–H groups in total. The molecule has 1 aromatic carbocycles. The SMILES string of the molecule is CCc1ccc(C(O)c2ccc(F)c(C)c2)o1. The number of aliphatic hydroxyl groups excluding tert-OH is 1. The molecule has 0 aliphatic carbocycles. The zero-order chi connectivity index (χ0) is 12.4. The molecule has 0 radical (unpaired) electrons. The van der Waals surface area contributed by atoms with E-state index >= 15 is 0 Å². The first kappa shape index (κ1) is 11.9. The van der Waals surface area contributed by atoms with E-state index in [0.29, 0.717) is 16.9 Å². The highest BCUT2D eigenvalue weighted by atomic mass is 19.1. The molecule has 0 aliphatic heterocycles. The summed E-state index contributed by atoms with van der Waals surface area (Å²) in [6.07, 6.45) is -0.0515. The van der Waals surface area contributed by atoms with Crippen molar-refractivity contribution >= 4 is 0 Å². The average Bonchev–Trinajstić information content (AvgIpc) is 2.80. The third kappa shape index (κ3) is 2.39.